The summed E-state index contributed by atoms with van der Waals surface area (Å²) in [4.78, 5) is 14.8. The molecule has 8 heteroatoms. The van der Waals surface area contributed by atoms with E-state index in [1.807, 2.05) is 31.2 Å². The Balaban J connectivity index is 2.08. The second kappa shape index (κ2) is 7.03. The van der Waals surface area contributed by atoms with Gasteiger partial charge >= 0.3 is 5.97 Å². The monoisotopic (exact) mass is 352 g/mol. The predicted octanol–water partition coefficient (Wildman–Crippen LogP) is 2.43. The summed E-state index contributed by atoms with van der Waals surface area (Å²) in [7, 11) is -3.71. The van der Waals surface area contributed by atoms with E-state index in [0.717, 1.165) is 22.5 Å². The largest absolute Gasteiger partial charge is 0.478 e. The lowest BCUT2D eigenvalue weighted by atomic mass is 10.2. The minimum absolute atomic E-state index is 0.0226. The fraction of sp³-hybridized carbons (Fsp3) is 0.200. The third-order valence-corrected chi connectivity index (χ3v) is 6.04. The summed E-state index contributed by atoms with van der Waals surface area (Å²) in [6.45, 7) is 5.30. The number of hydrogen-bond donors (Lipinski definition) is 2. The molecule has 0 amide bonds. The molecule has 0 bridgehead atoms. The number of hydrogen-bond acceptors (Lipinski definition) is 5. The Kier molecular flexibility index (Phi) is 5.30. The van der Waals surface area contributed by atoms with E-state index in [4.69, 9.17) is 5.11 Å². The van der Waals surface area contributed by atoms with Crippen LogP contribution in [0.15, 0.2) is 46.8 Å². The maximum absolute atomic E-state index is 12.2. The summed E-state index contributed by atoms with van der Waals surface area (Å²) in [6.07, 6.45) is 1.34. The minimum atomic E-state index is -3.71. The van der Waals surface area contributed by atoms with Crippen LogP contribution in [0.2, 0.25) is 0 Å². The Hall–Kier alpha value is -2.03. The molecule has 23 heavy (non-hydrogen) atoms. The van der Waals surface area contributed by atoms with Crippen LogP contribution < -0.4 is 4.72 Å². The summed E-state index contributed by atoms with van der Waals surface area (Å²) in [5.74, 6) is -1.14. The highest BCUT2D eigenvalue weighted by Gasteiger charge is 2.18. The van der Waals surface area contributed by atoms with Gasteiger partial charge in [-0.05, 0) is 13.3 Å². The van der Waals surface area contributed by atoms with Gasteiger partial charge in [0.05, 0.1) is 6.20 Å². The molecule has 2 aromatic rings. The summed E-state index contributed by atoms with van der Waals surface area (Å²) in [5.41, 5.74) is 1.91. The standard InChI is InChI=1S/C15H16N2O4S2/c1-10-3-5-12(6-4-10)14-16-9-13(22-14)23(20,21)17-8-7-11(2)15(18)19/h3-6,9,17H,2,7-8H2,1H3,(H,18,19). The van der Waals surface area contributed by atoms with Crippen LogP contribution in [0.3, 0.4) is 0 Å². The van der Waals surface area contributed by atoms with Gasteiger partial charge in [0.25, 0.3) is 10.0 Å². The van der Waals surface area contributed by atoms with Crippen LogP contribution in [0.25, 0.3) is 10.6 Å². The van der Waals surface area contributed by atoms with Gasteiger partial charge in [-0.15, -0.1) is 11.3 Å². The number of sulfonamides is 1. The highest BCUT2D eigenvalue weighted by molar-refractivity contribution is 7.91. The number of benzene rings is 1. The Morgan fingerprint density at radius 2 is 2.00 bits per heavy atom. The van der Waals surface area contributed by atoms with E-state index in [0.29, 0.717) is 5.01 Å². The van der Waals surface area contributed by atoms with E-state index in [-0.39, 0.29) is 22.7 Å². The molecule has 0 atom stereocenters. The number of aryl methyl sites for hydroxylation is 1. The van der Waals surface area contributed by atoms with Crippen LogP contribution in [0.5, 0.6) is 0 Å². The van der Waals surface area contributed by atoms with Gasteiger partial charge in [-0.25, -0.2) is 22.9 Å². The number of aromatic nitrogens is 1. The Bertz CT molecular complexity index is 823. The zero-order valence-corrected chi connectivity index (χ0v) is 14.1. The molecule has 0 radical (unpaired) electrons. The first-order valence-corrected chi connectivity index (χ1v) is 9.03. The van der Waals surface area contributed by atoms with Gasteiger partial charge in [0.2, 0.25) is 0 Å². The van der Waals surface area contributed by atoms with Crippen molar-refractivity contribution in [3.63, 3.8) is 0 Å². The Morgan fingerprint density at radius 3 is 2.61 bits per heavy atom. The van der Waals surface area contributed by atoms with E-state index in [9.17, 15) is 13.2 Å². The van der Waals surface area contributed by atoms with Crippen molar-refractivity contribution >= 4 is 27.3 Å². The normalized spacial score (nSPS) is 11.3. The van der Waals surface area contributed by atoms with Gasteiger partial charge in [-0.2, -0.15) is 0 Å². The van der Waals surface area contributed by atoms with Crippen molar-refractivity contribution < 1.29 is 18.3 Å². The number of carboxylic acids is 1. The molecule has 2 N–H and O–H groups in total. The third kappa shape index (κ3) is 4.47. The zero-order chi connectivity index (χ0) is 17.0. The molecule has 0 aliphatic heterocycles. The van der Waals surface area contributed by atoms with Crippen molar-refractivity contribution in [2.75, 3.05) is 6.54 Å². The fourth-order valence-corrected chi connectivity index (χ4v) is 3.94. The third-order valence-electron chi connectivity index (χ3n) is 3.07. The van der Waals surface area contributed by atoms with E-state index in [1.54, 1.807) is 0 Å². The van der Waals surface area contributed by atoms with Crippen molar-refractivity contribution in [1.82, 2.24) is 9.71 Å². The molecule has 0 saturated carbocycles. The molecule has 0 saturated heterocycles. The number of carboxylic acid groups (broad SMARTS) is 1. The predicted molar refractivity (Wildman–Crippen MR) is 88.9 cm³/mol. The molecule has 0 aliphatic carbocycles. The maximum atomic E-state index is 12.2. The number of nitrogens with zero attached hydrogens (tertiary/aromatic N) is 1. The number of carbonyl (C=O) groups is 1. The average Bonchev–Trinajstić information content (AvgIpc) is 2.98. The van der Waals surface area contributed by atoms with Gasteiger partial charge in [0, 0.05) is 17.7 Å². The average molecular weight is 352 g/mol. The highest BCUT2D eigenvalue weighted by Crippen LogP contribution is 2.27. The van der Waals surface area contributed by atoms with Crippen LogP contribution >= 0.6 is 11.3 Å². The molecule has 6 nitrogen and oxygen atoms in total. The lowest BCUT2D eigenvalue weighted by Crippen LogP contribution is -2.24. The van der Waals surface area contributed by atoms with E-state index in [2.05, 4.69) is 16.3 Å². The molecule has 1 aromatic carbocycles. The second-order valence-corrected chi connectivity index (χ2v) is 7.93. The van der Waals surface area contributed by atoms with Gasteiger partial charge in [0.1, 0.15) is 5.01 Å². The van der Waals surface area contributed by atoms with Crippen LogP contribution in [0, 0.1) is 6.92 Å². The number of thiazole rings is 1. The molecule has 0 fully saturated rings. The Labute approximate surface area is 138 Å². The summed E-state index contributed by atoms with van der Waals surface area (Å²) < 4.78 is 26.8. The molecule has 0 aliphatic rings. The highest BCUT2D eigenvalue weighted by atomic mass is 32.2. The molecular weight excluding hydrogens is 336 g/mol. The first-order valence-electron chi connectivity index (χ1n) is 6.73. The fourth-order valence-electron chi connectivity index (χ4n) is 1.73. The summed E-state index contributed by atoms with van der Waals surface area (Å²) in [5, 5.41) is 9.30. The summed E-state index contributed by atoms with van der Waals surface area (Å²) in [6, 6.07) is 7.63. The lowest BCUT2D eigenvalue weighted by molar-refractivity contribution is -0.132. The number of nitrogens with one attached hydrogen (secondary N) is 1. The topological polar surface area (TPSA) is 96.4 Å². The number of rotatable bonds is 7. The first kappa shape index (κ1) is 17.3. The Morgan fingerprint density at radius 1 is 1.35 bits per heavy atom. The molecule has 1 aromatic heterocycles. The van der Waals surface area contributed by atoms with Crippen molar-refractivity contribution in [1.29, 1.82) is 0 Å². The van der Waals surface area contributed by atoms with Crippen molar-refractivity contribution in [3.05, 3.63) is 48.2 Å². The molecular formula is C15H16N2O4S2. The summed E-state index contributed by atoms with van der Waals surface area (Å²) >= 11 is 1.06. The van der Waals surface area contributed by atoms with Crippen LogP contribution in [-0.2, 0) is 14.8 Å². The minimum Gasteiger partial charge on any atom is -0.478 e. The van der Waals surface area contributed by atoms with Crippen LogP contribution in [0.4, 0.5) is 0 Å². The van der Waals surface area contributed by atoms with Crippen LogP contribution in [-0.4, -0.2) is 31.0 Å². The van der Waals surface area contributed by atoms with Crippen molar-refractivity contribution in [2.45, 2.75) is 17.6 Å². The van der Waals surface area contributed by atoms with E-state index in [1.165, 1.54) is 6.20 Å². The zero-order valence-electron chi connectivity index (χ0n) is 12.4. The van der Waals surface area contributed by atoms with E-state index < -0.39 is 16.0 Å². The first-order chi connectivity index (χ1) is 10.8. The van der Waals surface area contributed by atoms with Gasteiger partial charge in [0.15, 0.2) is 4.21 Å². The van der Waals surface area contributed by atoms with E-state index >= 15 is 0 Å². The number of aliphatic carboxylic acids is 1. The second-order valence-electron chi connectivity index (χ2n) is 4.91. The quantitative estimate of drug-likeness (QED) is 0.746. The van der Waals surface area contributed by atoms with Crippen molar-refractivity contribution in [2.24, 2.45) is 0 Å². The molecule has 1 heterocycles. The van der Waals surface area contributed by atoms with Gasteiger partial charge < -0.3 is 5.11 Å². The molecule has 122 valence electrons. The smallest absolute Gasteiger partial charge is 0.331 e. The SMILES string of the molecule is C=C(CCNS(=O)(=O)c1cnc(-c2ccc(C)cc2)s1)C(=O)O. The van der Waals surface area contributed by atoms with Gasteiger partial charge in [-0.1, -0.05) is 36.4 Å². The van der Waals surface area contributed by atoms with Crippen LogP contribution in [0.1, 0.15) is 12.0 Å². The maximum Gasteiger partial charge on any atom is 0.331 e. The van der Waals surface area contributed by atoms with Gasteiger partial charge in [-0.3, -0.25) is 0 Å². The molecule has 0 spiro atoms. The lowest BCUT2D eigenvalue weighted by Gasteiger charge is -2.04. The molecule has 0 unspecified atom stereocenters. The molecule has 2 rings (SSSR count). The van der Waals surface area contributed by atoms with Crippen molar-refractivity contribution in [3.8, 4) is 10.6 Å².